The van der Waals surface area contributed by atoms with Crippen LogP contribution in [-0.2, 0) is 4.79 Å². The first-order valence-corrected chi connectivity index (χ1v) is 4.26. The average Bonchev–Trinajstić information content (AvgIpc) is 2.87. The van der Waals surface area contributed by atoms with Crippen molar-refractivity contribution in [2.75, 3.05) is 5.32 Å². The fourth-order valence-electron chi connectivity index (χ4n) is 1.10. The van der Waals surface area contributed by atoms with Crippen molar-refractivity contribution in [3.63, 3.8) is 0 Å². The lowest BCUT2D eigenvalue weighted by Crippen LogP contribution is -2.25. The topological polar surface area (TPSA) is 29.1 Å². The van der Waals surface area contributed by atoms with Crippen molar-refractivity contribution in [2.24, 2.45) is 0 Å². The van der Waals surface area contributed by atoms with E-state index in [4.69, 9.17) is 0 Å². The van der Waals surface area contributed by atoms with Gasteiger partial charge >= 0.3 is 0 Å². The average molecular weight is 179 g/mol. The van der Waals surface area contributed by atoms with E-state index in [2.05, 4.69) is 5.32 Å². The van der Waals surface area contributed by atoms with Crippen molar-refractivity contribution in [3.8, 4) is 0 Å². The van der Waals surface area contributed by atoms with Crippen molar-refractivity contribution >= 4 is 11.6 Å². The minimum Gasteiger partial charge on any atom is -0.323 e. The number of alkyl halides is 1. The summed E-state index contributed by atoms with van der Waals surface area (Å²) in [7, 11) is 0. The van der Waals surface area contributed by atoms with Crippen molar-refractivity contribution in [1.29, 1.82) is 0 Å². The minimum atomic E-state index is -1.59. The first-order valence-electron chi connectivity index (χ1n) is 4.26. The van der Waals surface area contributed by atoms with Crippen LogP contribution in [0.3, 0.4) is 0 Å². The van der Waals surface area contributed by atoms with Gasteiger partial charge in [-0.1, -0.05) is 18.2 Å². The molecule has 1 aliphatic rings. The van der Waals surface area contributed by atoms with Crippen molar-refractivity contribution in [2.45, 2.75) is 18.5 Å². The zero-order valence-electron chi connectivity index (χ0n) is 7.09. The lowest BCUT2D eigenvalue weighted by molar-refractivity contribution is -0.122. The van der Waals surface area contributed by atoms with Crippen LogP contribution in [0, 0.1) is 0 Å². The van der Waals surface area contributed by atoms with Gasteiger partial charge in [0.2, 0.25) is 0 Å². The van der Waals surface area contributed by atoms with Gasteiger partial charge in [-0.3, -0.25) is 4.79 Å². The molecule has 13 heavy (non-hydrogen) atoms. The van der Waals surface area contributed by atoms with E-state index in [1.54, 1.807) is 24.3 Å². The molecule has 0 heterocycles. The van der Waals surface area contributed by atoms with Crippen LogP contribution in [0.2, 0.25) is 0 Å². The number of carbonyl (C=O) groups is 1. The molecule has 3 heteroatoms. The van der Waals surface area contributed by atoms with Crippen LogP contribution in [0.5, 0.6) is 0 Å². The van der Waals surface area contributed by atoms with E-state index in [1.807, 2.05) is 6.07 Å². The molecule has 1 amide bonds. The number of anilines is 1. The second kappa shape index (κ2) is 2.83. The van der Waals surface area contributed by atoms with Gasteiger partial charge in [0.15, 0.2) is 5.67 Å². The van der Waals surface area contributed by atoms with Crippen LogP contribution in [0.1, 0.15) is 12.8 Å². The maximum Gasteiger partial charge on any atom is 0.262 e. The molecule has 1 aromatic rings. The predicted octanol–water partition coefficient (Wildman–Crippen LogP) is 2.13. The number of hydrogen-bond acceptors (Lipinski definition) is 1. The van der Waals surface area contributed by atoms with Crippen LogP contribution < -0.4 is 5.32 Å². The van der Waals surface area contributed by atoms with Gasteiger partial charge in [0, 0.05) is 5.69 Å². The van der Waals surface area contributed by atoms with E-state index >= 15 is 0 Å². The number of para-hydroxylation sites is 1. The second-order valence-corrected chi connectivity index (χ2v) is 3.29. The quantitative estimate of drug-likeness (QED) is 0.740. The molecule has 1 aromatic carbocycles. The van der Waals surface area contributed by atoms with Crippen LogP contribution in [0.4, 0.5) is 10.1 Å². The van der Waals surface area contributed by atoms with E-state index in [-0.39, 0.29) is 0 Å². The molecule has 0 radical (unpaired) electrons. The molecule has 0 atom stereocenters. The Morgan fingerprint density at radius 1 is 1.31 bits per heavy atom. The molecule has 0 aromatic heterocycles. The summed E-state index contributed by atoms with van der Waals surface area (Å²) in [4.78, 5) is 11.2. The van der Waals surface area contributed by atoms with Crippen LogP contribution >= 0.6 is 0 Å². The smallest absolute Gasteiger partial charge is 0.262 e. The lowest BCUT2D eigenvalue weighted by Gasteiger charge is -2.06. The fourth-order valence-corrected chi connectivity index (χ4v) is 1.10. The summed E-state index contributed by atoms with van der Waals surface area (Å²) < 4.78 is 13.2. The molecule has 0 unspecified atom stereocenters. The SMILES string of the molecule is O=C(Nc1ccccc1)C1(F)CC1. The predicted molar refractivity (Wildman–Crippen MR) is 48.1 cm³/mol. The van der Waals surface area contributed by atoms with Crippen LogP contribution in [0.15, 0.2) is 30.3 Å². The molecule has 1 aliphatic carbocycles. The van der Waals surface area contributed by atoms with Gasteiger partial charge in [-0.25, -0.2) is 4.39 Å². The minimum absolute atomic E-state index is 0.353. The summed E-state index contributed by atoms with van der Waals surface area (Å²) in [6.45, 7) is 0. The van der Waals surface area contributed by atoms with Crippen LogP contribution in [0.25, 0.3) is 0 Å². The van der Waals surface area contributed by atoms with Gasteiger partial charge in [0.1, 0.15) is 0 Å². The van der Waals surface area contributed by atoms with E-state index in [1.165, 1.54) is 0 Å². The highest BCUT2D eigenvalue weighted by Gasteiger charge is 2.50. The van der Waals surface area contributed by atoms with E-state index in [0.29, 0.717) is 18.5 Å². The molecule has 0 bridgehead atoms. The molecule has 1 fully saturated rings. The Kier molecular flexibility index (Phi) is 1.79. The molecule has 0 aliphatic heterocycles. The van der Waals surface area contributed by atoms with Gasteiger partial charge < -0.3 is 5.32 Å². The van der Waals surface area contributed by atoms with Crippen molar-refractivity contribution in [3.05, 3.63) is 30.3 Å². The summed E-state index contributed by atoms with van der Waals surface area (Å²) in [6.07, 6.45) is 0.706. The van der Waals surface area contributed by atoms with Gasteiger partial charge in [0.25, 0.3) is 5.91 Å². The highest BCUT2D eigenvalue weighted by atomic mass is 19.1. The Labute approximate surface area is 75.8 Å². The molecular weight excluding hydrogens is 169 g/mol. The Hall–Kier alpha value is -1.38. The highest BCUT2D eigenvalue weighted by Crippen LogP contribution is 2.40. The number of rotatable bonds is 2. The molecule has 1 saturated carbocycles. The van der Waals surface area contributed by atoms with Gasteiger partial charge in [0.05, 0.1) is 0 Å². The summed E-state index contributed by atoms with van der Waals surface area (Å²) in [6, 6.07) is 8.92. The number of carbonyl (C=O) groups excluding carboxylic acids is 1. The molecule has 0 spiro atoms. The van der Waals surface area contributed by atoms with Crippen molar-refractivity contribution < 1.29 is 9.18 Å². The van der Waals surface area contributed by atoms with Gasteiger partial charge in [-0.2, -0.15) is 0 Å². The zero-order valence-corrected chi connectivity index (χ0v) is 7.09. The Bertz CT molecular complexity index is 319. The second-order valence-electron chi connectivity index (χ2n) is 3.29. The Morgan fingerprint density at radius 3 is 2.46 bits per heavy atom. The summed E-state index contributed by atoms with van der Waals surface area (Å²) >= 11 is 0. The first-order chi connectivity index (χ1) is 6.21. The number of benzene rings is 1. The monoisotopic (exact) mass is 179 g/mol. The number of hydrogen-bond donors (Lipinski definition) is 1. The molecule has 1 N–H and O–H groups in total. The van der Waals surface area contributed by atoms with Crippen molar-refractivity contribution in [1.82, 2.24) is 0 Å². The lowest BCUT2D eigenvalue weighted by atomic mass is 10.3. The fraction of sp³-hybridized carbons (Fsp3) is 0.300. The zero-order chi connectivity index (χ0) is 9.31. The third kappa shape index (κ3) is 1.69. The molecule has 68 valence electrons. The van der Waals surface area contributed by atoms with Gasteiger partial charge in [-0.15, -0.1) is 0 Å². The normalized spacial score (nSPS) is 17.9. The molecular formula is C10H10FNO. The first kappa shape index (κ1) is 8.23. The number of amides is 1. The van der Waals surface area contributed by atoms with E-state index in [0.717, 1.165) is 0 Å². The standard InChI is InChI=1S/C10H10FNO/c11-10(6-7-10)9(13)12-8-4-2-1-3-5-8/h1-5H,6-7H2,(H,12,13). The summed E-state index contributed by atoms with van der Waals surface area (Å²) in [5, 5.41) is 2.53. The van der Waals surface area contributed by atoms with E-state index < -0.39 is 11.6 Å². The van der Waals surface area contributed by atoms with Gasteiger partial charge in [-0.05, 0) is 25.0 Å². The summed E-state index contributed by atoms with van der Waals surface area (Å²) in [5.41, 5.74) is -0.938. The Morgan fingerprint density at radius 2 is 1.92 bits per heavy atom. The molecule has 0 saturated heterocycles. The maximum absolute atomic E-state index is 13.2. The largest absolute Gasteiger partial charge is 0.323 e. The maximum atomic E-state index is 13.2. The van der Waals surface area contributed by atoms with Crippen LogP contribution in [-0.4, -0.2) is 11.6 Å². The third-order valence-electron chi connectivity index (χ3n) is 2.13. The Balaban J connectivity index is 2.03. The third-order valence-corrected chi connectivity index (χ3v) is 2.13. The van der Waals surface area contributed by atoms with E-state index in [9.17, 15) is 9.18 Å². The molecule has 2 nitrogen and oxygen atoms in total. The number of halogens is 1. The molecule has 2 rings (SSSR count). The number of nitrogens with one attached hydrogen (secondary N) is 1. The summed E-state index contributed by atoms with van der Waals surface area (Å²) in [5.74, 6) is -0.515. The highest BCUT2D eigenvalue weighted by molar-refractivity contribution is 5.99.